The van der Waals surface area contributed by atoms with Crippen molar-refractivity contribution in [2.24, 2.45) is 0 Å². The number of hydrogen-bond acceptors (Lipinski definition) is 4. The predicted octanol–water partition coefficient (Wildman–Crippen LogP) is 3.81. The van der Waals surface area contributed by atoms with E-state index >= 15 is 0 Å². The van der Waals surface area contributed by atoms with Gasteiger partial charge in [0.1, 0.15) is 16.2 Å². The van der Waals surface area contributed by atoms with Crippen molar-refractivity contribution >= 4 is 21.6 Å². The highest BCUT2D eigenvalue weighted by atomic mass is 35.5. The van der Waals surface area contributed by atoms with Crippen LogP contribution in [0.2, 0.25) is 5.02 Å². The molecule has 7 heteroatoms. The average Bonchev–Trinajstić information content (AvgIpc) is 2.61. The summed E-state index contributed by atoms with van der Waals surface area (Å²) in [6.07, 6.45) is 0. The third-order valence-corrected chi connectivity index (χ3v) is 6.21. The van der Waals surface area contributed by atoms with E-state index in [4.69, 9.17) is 21.1 Å². The summed E-state index contributed by atoms with van der Waals surface area (Å²) in [4.78, 5) is 0.104. The van der Waals surface area contributed by atoms with Crippen molar-refractivity contribution in [3.63, 3.8) is 0 Å². The average molecular weight is 398 g/mol. The molecular formula is C19H24ClNO4S. The summed E-state index contributed by atoms with van der Waals surface area (Å²) in [5.74, 6) is 0.308. The van der Waals surface area contributed by atoms with Gasteiger partial charge < -0.3 is 9.47 Å². The zero-order valence-corrected chi connectivity index (χ0v) is 17.2. The first-order valence-electron chi connectivity index (χ1n) is 8.09. The van der Waals surface area contributed by atoms with E-state index < -0.39 is 15.6 Å². The number of halogens is 1. The molecule has 1 unspecified atom stereocenters. The smallest absolute Gasteiger partial charge is 0.244 e. The third-order valence-electron chi connectivity index (χ3n) is 4.55. The van der Waals surface area contributed by atoms with Crippen molar-refractivity contribution < 1.29 is 17.9 Å². The Labute approximate surface area is 160 Å². The van der Waals surface area contributed by atoms with Crippen molar-refractivity contribution in [2.45, 2.75) is 31.3 Å². The summed E-state index contributed by atoms with van der Waals surface area (Å²) >= 11 is 6.05. The van der Waals surface area contributed by atoms with E-state index in [2.05, 4.69) is 4.72 Å². The fourth-order valence-corrected chi connectivity index (χ4v) is 4.10. The molecule has 0 fully saturated rings. The van der Waals surface area contributed by atoms with Gasteiger partial charge in [-0.25, -0.2) is 13.1 Å². The second-order valence-electron chi connectivity index (χ2n) is 6.36. The van der Waals surface area contributed by atoms with Crippen molar-refractivity contribution in [3.05, 3.63) is 58.1 Å². The zero-order chi connectivity index (χ0) is 19.5. The molecule has 5 nitrogen and oxygen atoms in total. The summed E-state index contributed by atoms with van der Waals surface area (Å²) in [5, 5.41) is 0.560. The molecular weight excluding hydrogens is 374 g/mol. The Kier molecular flexibility index (Phi) is 6.34. The summed E-state index contributed by atoms with van der Waals surface area (Å²) in [7, 11) is -0.805. The van der Waals surface area contributed by atoms with Gasteiger partial charge >= 0.3 is 0 Å². The van der Waals surface area contributed by atoms with Crippen molar-refractivity contribution in [1.82, 2.24) is 4.72 Å². The van der Waals surface area contributed by atoms with Gasteiger partial charge in [-0.15, -0.1) is 0 Å². The van der Waals surface area contributed by atoms with Gasteiger partial charge in [-0.05, 0) is 61.7 Å². The van der Waals surface area contributed by atoms with E-state index in [9.17, 15) is 8.42 Å². The minimum atomic E-state index is -3.79. The number of sulfonamides is 1. The van der Waals surface area contributed by atoms with Crippen LogP contribution < -0.4 is 9.46 Å². The van der Waals surface area contributed by atoms with Crippen LogP contribution >= 0.6 is 11.6 Å². The molecule has 1 atom stereocenters. The lowest BCUT2D eigenvalue weighted by Crippen LogP contribution is -2.40. The molecule has 2 aromatic rings. The monoisotopic (exact) mass is 397 g/mol. The molecule has 0 aliphatic rings. The van der Waals surface area contributed by atoms with Gasteiger partial charge in [0.15, 0.2) is 0 Å². The largest absolute Gasteiger partial charge is 0.495 e. The maximum absolute atomic E-state index is 12.9. The van der Waals surface area contributed by atoms with Crippen LogP contribution in [-0.2, 0) is 20.4 Å². The Balaban J connectivity index is 2.33. The zero-order valence-electron chi connectivity index (χ0n) is 15.6. The Morgan fingerprint density at radius 3 is 2.35 bits per heavy atom. The van der Waals surface area contributed by atoms with E-state index in [0.29, 0.717) is 10.8 Å². The van der Waals surface area contributed by atoms with Gasteiger partial charge in [0.2, 0.25) is 10.0 Å². The summed E-state index contributed by atoms with van der Waals surface area (Å²) in [5.41, 5.74) is 1.74. The van der Waals surface area contributed by atoms with Crippen molar-refractivity contribution in [1.29, 1.82) is 0 Å². The molecule has 0 aliphatic heterocycles. The highest BCUT2D eigenvalue weighted by Crippen LogP contribution is 2.29. The second-order valence-corrected chi connectivity index (χ2v) is 8.53. The Morgan fingerprint density at radius 1 is 1.12 bits per heavy atom. The molecule has 0 amide bonds. The molecule has 0 spiro atoms. The highest BCUT2D eigenvalue weighted by molar-refractivity contribution is 7.89. The molecule has 0 saturated carbocycles. The van der Waals surface area contributed by atoms with Gasteiger partial charge in [0, 0.05) is 18.7 Å². The number of ether oxygens (including phenoxy) is 2. The van der Waals surface area contributed by atoms with Crippen LogP contribution in [0.25, 0.3) is 0 Å². The summed E-state index contributed by atoms with van der Waals surface area (Å²) in [6, 6.07) is 10.5. The van der Waals surface area contributed by atoms with Gasteiger partial charge in [-0.2, -0.15) is 0 Å². The summed E-state index contributed by atoms with van der Waals surface area (Å²) < 4.78 is 39.2. The topological polar surface area (TPSA) is 64.6 Å². The quantitative estimate of drug-likeness (QED) is 0.771. The van der Waals surface area contributed by atoms with Gasteiger partial charge in [-0.1, -0.05) is 23.7 Å². The Morgan fingerprint density at radius 2 is 1.77 bits per heavy atom. The minimum Gasteiger partial charge on any atom is -0.495 e. The van der Waals surface area contributed by atoms with Crippen LogP contribution in [0.1, 0.15) is 23.6 Å². The van der Waals surface area contributed by atoms with Crippen LogP contribution in [0.5, 0.6) is 5.75 Å². The van der Waals surface area contributed by atoms with E-state index in [0.717, 1.165) is 16.7 Å². The minimum absolute atomic E-state index is 0.0439. The molecule has 0 radical (unpaired) electrons. The number of aryl methyl sites for hydroxylation is 2. The number of hydrogen-bond donors (Lipinski definition) is 1. The molecule has 0 saturated heterocycles. The lowest BCUT2D eigenvalue weighted by Gasteiger charge is -2.29. The number of rotatable bonds is 7. The molecule has 0 bridgehead atoms. The van der Waals surface area contributed by atoms with E-state index in [1.807, 2.05) is 19.9 Å². The van der Waals surface area contributed by atoms with Gasteiger partial charge in [-0.3, -0.25) is 0 Å². The second kappa shape index (κ2) is 7.96. The summed E-state index contributed by atoms with van der Waals surface area (Å²) in [6.45, 7) is 5.61. The first-order chi connectivity index (χ1) is 12.1. The maximum Gasteiger partial charge on any atom is 0.244 e. The number of benzene rings is 2. The SMILES string of the molecule is COc1cc(C)c(C)cc1S(=O)(=O)NCC(C)(OC)c1cccc(Cl)c1. The van der Waals surface area contributed by atoms with Gasteiger partial charge in [0.05, 0.1) is 7.11 Å². The van der Waals surface area contributed by atoms with E-state index in [1.165, 1.54) is 14.2 Å². The molecule has 0 aromatic heterocycles. The predicted molar refractivity (Wildman–Crippen MR) is 103 cm³/mol. The third kappa shape index (κ3) is 4.38. The fraction of sp³-hybridized carbons (Fsp3) is 0.368. The molecule has 2 aromatic carbocycles. The maximum atomic E-state index is 12.9. The first-order valence-corrected chi connectivity index (χ1v) is 9.95. The fourth-order valence-electron chi connectivity index (χ4n) is 2.55. The molecule has 0 aliphatic carbocycles. The van der Waals surface area contributed by atoms with Gasteiger partial charge in [0.25, 0.3) is 0 Å². The first kappa shape index (κ1) is 20.7. The van der Waals surface area contributed by atoms with E-state index in [1.54, 1.807) is 37.3 Å². The lowest BCUT2D eigenvalue weighted by atomic mass is 9.96. The molecule has 1 N–H and O–H groups in total. The van der Waals surface area contributed by atoms with Crippen LogP contribution in [0.4, 0.5) is 0 Å². The van der Waals surface area contributed by atoms with Crippen molar-refractivity contribution in [2.75, 3.05) is 20.8 Å². The molecule has 0 heterocycles. The van der Waals surface area contributed by atoms with E-state index in [-0.39, 0.29) is 11.4 Å². The Hall–Kier alpha value is -1.60. The molecule has 142 valence electrons. The molecule has 26 heavy (non-hydrogen) atoms. The molecule has 2 rings (SSSR count). The Bertz CT molecular complexity index is 898. The standard InChI is InChI=1S/C19H24ClNO4S/c1-13-9-17(24-4)18(10-14(13)2)26(22,23)21-12-19(3,25-5)15-7-6-8-16(20)11-15/h6-11,21H,12H2,1-5H3. The van der Waals surface area contributed by atoms with Crippen LogP contribution in [0.3, 0.4) is 0 Å². The van der Waals surface area contributed by atoms with Crippen molar-refractivity contribution in [3.8, 4) is 5.75 Å². The highest BCUT2D eigenvalue weighted by Gasteiger charge is 2.30. The van der Waals surface area contributed by atoms with Crippen LogP contribution in [-0.4, -0.2) is 29.2 Å². The number of nitrogens with one attached hydrogen (secondary N) is 1. The normalized spacial score (nSPS) is 14.1. The van der Waals surface area contributed by atoms with Crippen LogP contribution in [0.15, 0.2) is 41.3 Å². The van der Waals surface area contributed by atoms with Crippen LogP contribution in [0, 0.1) is 13.8 Å². The number of methoxy groups -OCH3 is 2. The lowest BCUT2D eigenvalue weighted by molar-refractivity contribution is 0.00698.